The molecule has 3 nitrogen and oxygen atoms in total. The van der Waals surface area contributed by atoms with Gasteiger partial charge in [-0.05, 0) is 30.9 Å². The number of thiol groups is 1. The monoisotopic (exact) mass is 285 g/mol. The topological polar surface area (TPSA) is 30.7 Å². The lowest BCUT2D eigenvalue weighted by Gasteiger charge is -2.12. The summed E-state index contributed by atoms with van der Waals surface area (Å²) in [5, 5.41) is 9.82. The molecule has 102 valence electrons. The van der Waals surface area contributed by atoms with Crippen molar-refractivity contribution in [3.63, 3.8) is 0 Å². The standard InChI is InChI=1S/C13H23N3S2/c1-2-6-11(9-17)10-18-13-15-14-12-7-4-3-5-8-16(12)13/h11,17H,2-10H2,1H3. The highest BCUT2D eigenvalue weighted by atomic mass is 32.2. The minimum absolute atomic E-state index is 0.696. The fraction of sp³-hybridized carbons (Fsp3) is 0.846. The third-order valence-electron chi connectivity index (χ3n) is 3.48. The van der Waals surface area contributed by atoms with Crippen LogP contribution in [-0.4, -0.2) is 26.3 Å². The van der Waals surface area contributed by atoms with Crippen molar-refractivity contribution in [2.75, 3.05) is 11.5 Å². The second kappa shape index (κ2) is 7.43. The zero-order valence-corrected chi connectivity index (χ0v) is 12.8. The van der Waals surface area contributed by atoms with Crippen LogP contribution in [0, 0.1) is 5.92 Å². The van der Waals surface area contributed by atoms with Gasteiger partial charge in [0.05, 0.1) is 0 Å². The van der Waals surface area contributed by atoms with E-state index in [2.05, 4.69) is 34.3 Å². The van der Waals surface area contributed by atoms with Gasteiger partial charge in [0.15, 0.2) is 5.16 Å². The van der Waals surface area contributed by atoms with E-state index in [1.807, 2.05) is 11.8 Å². The highest BCUT2D eigenvalue weighted by Crippen LogP contribution is 2.25. The smallest absolute Gasteiger partial charge is 0.191 e. The Kier molecular flexibility index (Phi) is 5.89. The molecule has 0 N–H and O–H groups in total. The van der Waals surface area contributed by atoms with Crippen LogP contribution in [0.4, 0.5) is 0 Å². The van der Waals surface area contributed by atoms with E-state index in [0.717, 1.165) is 29.6 Å². The molecule has 2 heterocycles. The summed E-state index contributed by atoms with van der Waals surface area (Å²) in [5.74, 6) is 3.98. The third kappa shape index (κ3) is 3.67. The molecule has 1 aromatic rings. The van der Waals surface area contributed by atoms with Crippen LogP contribution in [0.25, 0.3) is 0 Å². The number of aromatic nitrogens is 3. The van der Waals surface area contributed by atoms with Crippen LogP contribution < -0.4 is 0 Å². The predicted molar refractivity (Wildman–Crippen MR) is 80.6 cm³/mol. The second-order valence-electron chi connectivity index (χ2n) is 5.01. The molecule has 1 aliphatic heterocycles. The zero-order valence-electron chi connectivity index (χ0n) is 11.1. The molecule has 0 amide bonds. The van der Waals surface area contributed by atoms with Gasteiger partial charge in [-0.3, -0.25) is 0 Å². The molecule has 0 saturated carbocycles. The lowest BCUT2D eigenvalue weighted by Crippen LogP contribution is -2.07. The predicted octanol–water partition coefficient (Wildman–Crippen LogP) is 3.44. The Morgan fingerprint density at radius 1 is 1.33 bits per heavy atom. The lowest BCUT2D eigenvalue weighted by molar-refractivity contribution is 0.581. The maximum Gasteiger partial charge on any atom is 0.191 e. The van der Waals surface area contributed by atoms with E-state index in [4.69, 9.17) is 0 Å². The molecule has 1 unspecified atom stereocenters. The Hall–Kier alpha value is -0.160. The van der Waals surface area contributed by atoms with Gasteiger partial charge in [0.1, 0.15) is 5.82 Å². The van der Waals surface area contributed by atoms with Crippen molar-refractivity contribution in [3.8, 4) is 0 Å². The summed E-state index contributed by atoms with van der Waals surface area (Å²) >= 11 is 6.30. The molecule has 0 bridgehead atoms. The van der Waals surface area contributed by atoms with E-state index in [9.17, 15) is 0 Å². The van der Waals surface area contributed by atoms with Gasteiger partial charge in [0.2, 0.25) is 0 Å². The van der Waals surface area contributed by atoms with E-state index >= 15 is 0 Å². The molecule has 0 fully saturated rings. The van der Waals surface area contributed by atoms with Gasteiger partial charge < -0.3 is 4.57 Å². The average molecular weight is 285 g/mol. The summed E-state index contributed by atoms with van der Waals surface area (Å²) in [6, 6.07) is 0. The molecule has 5 heteroatoms. The fourth-order valence-corrected chi connectivity index (χ4v) is 4.00. The van der Waals surface area contributed by atoms with Crippen LogP contribution in [-0.2, 0) is 13.0 Å². The van der Waals surface area contributed by atoms with E-state index in [0.29, 0.717) is 5.92 Å². The Morgan fingerprint density at radius 3 is 3.00 bits per heavy atom. The van der Waals surface area contributed by atoms with Crippen molar-refractivity contribution in [1.82, 2.24) is 14.8 Å². The summed E-state index contributed by atoms with van der Waals surface area (Å²) in [7, 11) is 0. The molecule has 1 aromatic heterocycles. The highest BCUT2D eigenvalue weighted by molar-refractivity contribution is 7.99. The average Bonchev–Trinajstić information content (AvgIpc) is 2.62. The molecular formula is C13H23N3S2. The summed E-state index contributed by atoms with van der Waals surface area (Å²) in [6.45, 7) is 3.34. The van der Waals surface area contributed by atoms with Gasteiger partial charge >= 0.3 is 0 Å². The van der Waals surface area contributed by atoms with E-state index in [-0.39, 0.29) is 0 Å². The number of rotatable bonds is 6. The fourth-order valence-electron chi connectivity index (χ4n) is 2.39. The van der Waals surface area contributed by atoms with Crippen molar-refractivity contribution in [1.29, 1.82) is 0 Å². The number of hydrogen-bond acceptors (Lipinski definition) is 4. The Bertz CT molecular complexity index is 365. The van der Waals surface area contributed by atoms with Crippen LogP contribution in [0.15, 0.2) is 5.16 Å². The largest absolute Gasteiger partial charge is 0.306 e. The Morgan fingerprint density at radius 2 is 2.22 bits per heavy atom. The van der Waals surface area contributed by atoms with Crippen LogP contribution in [0.1, 0.15) is 44.9 Å². The molecule has 0 radical (unpaired) electrons. The highest BCUT2D eigenvalue weighted by Gasteiger charge is 2.16. The SMILES string of the molecule is CCCC(CS)CSc1nnc2n1CCCCC2. The van der Waals surface area contributed by atoms with Crippen LogP contribution in [0.3, 0.4) is 0 Å². The first kappa shape index (κ1) is 14.3. The van der Waals surface area contributed by atoms with Crippen LogP contribution >= 0.6 is 24.4 Å². The third-order valence-corrected chi connectivity index (χ3v) is 5.19. The van der Waals surface area contributed by atoms with Crippen molar-refractivity contribution in [2.24, 2.45) is 5.92 Å². The Balaban J connectivity index is 1.95. The second-order valence-corrected chi connectivity index (χ2v) is 6.36. The first-order valence-electron chi connectivity index (χ1n) is 7.01. The first-order chi connectivity index (χ1) is 8.85. The van der Waals surface area contributed by atoms with Crippen molar-refractivity contribution >= 4 is 24.4 Å². The van der Waals surface area contributed by atoms with E-state index < -0.39 is 0 Å². The molecule has 0 aromatic carbocycles. The van der Waals surface area contributed by atoms with Gasteiger partial charge in [-0.1, -0.05) is 31.5 Å². The number of fused-ring (bicyclic) bond motifs is 1. The maximum absolute atomic E-state index is 4.44. The zero-order chi connectivity index (χ0) is 12.8. The number of aryl methyl sites for hydroxylation is 1. The quantitative estimate of drug-likeness (QED) is 0.641. The van der Waals surface area contributed by atoms with Crippen molar-refractivity contribution < 1.29 is 0 Å². The number of thioether (sulfide) groups is 1. The molecule has 18 heavy (non-hydrogen) atoms. The van der Waals surface area contributed by atoms with Gasteiger partial charge in [-0.25, -0.2) is 0 Å². The molecule has 1 atom stereocenters. The van der Waals surface area contributed by atoms with E-state index in [1.165, 1.54) is 37.9 Å². The molecule has 0 aliphatic carbocycles. The molecule has 2 rings (SSSR count). The van der Waals surface area contributed by atoms with Crippen molar-refractivity contribution in [2.45, 2.75) is 57.1 Å². The van der Waals surface area contributed by atoms with Gasteiger partial charge in [0.25, 0.3) is 0 Å². The molecular weight excluding hydrogens is 262 g/mol. The number of nitrogens with zero attached hydrogens (tertiary/aromatic N) is 3. The summed E-state index contributed by atoms with van der Waals surface area (Å²) < 4.78 is 2.33. The van der Waals surface area contributed by atoms with Gasteiger partial charge in [-0.15, -0.1) is 10.2 Å². The van der Waals surface area contributed by atoms with E-state index in [1.54, 1.807) is 0 Å². The van der Waals surface area contributed by atoms with Crippen LogP contribution in [0.2, 0.25) is 0 Å². The summed E-state index contributed by atoms with van der Waals surface area (Å²) in [4.78, 5) is 0. The maximum atomic E-state index is 4.44. The lowest BCUT2D eigenvalue weighted by atomic mass is 10.1. The van der Waals surface area contributed by atoms with Gasteiger partial charge in [0, 0.05) is 18.7 Å². The number of hydrogen-bond donors (Lipinski definition) is 1. The Labute approximate surface area is 120 Å². The molecule has 0 saturated heterocycles. The minimum atomic E-state index is 0.696. The minimum Gasteiger partial charge on any atom is -0.306 e. The molecule has 0 spiro atoms. The molecule has 1 aliphatic rings. The summed E-state index contributed by atoms with van der Waals surface area (Å²) in [5.41, 5.74) is 0. The summed E-state index contributed by atoms with van der Waals surface area (Å²) in [6.07, 6.45) is 7.45. The van der Waals surface area contributed by atoms with Gasteiger partial charge in [-0.2, -0.15) is 12.6 Å². The normalized spacial score (nSPS) is 17.2. The van der Waals surface area contributed by atoms with Crippen molar-refractivity contribution in [3.05, 3.63) is 5.82 Å². The van der Waals surface area contributed by atoms with Crippen LogP contribution in [0.5, 0.6) is 0 Å². The first-order valence-corrected chi connectivity index (χ1v) is 8.62.